The molecular weight excluding hydrogens is 256 g/mol. The molecule has 0 N–H and O–H groups in total. The van der Waals surface area contributed by atoms with E-state index in [0.29, 0.717) is 11.4 Å². The predicted octanol–water partition coefficient (Wildman–Crippen LogP) is 4.72. The summed E-state index contributed by atoms with van der Waals surface area (Å²) in [5.41, 5.74) is 3.01. The third kappa shape index (κ3) is 3.93. The lowest BCUT2D eigenvalue weighted by molar-refractivity contribution is 0.0993. The molecule has 0 amide bonds. The summed E-state index contributed by atoms with van der Waals surface area (Å²) in [5, 5.41) is 0.696. The molecular formula is C17H17ClO. The quantitative estimate of drug-likeness (QED) is 0.720. The van der Waals surface area contributed by atoms with Gasteiger partial charge in [0.25, 0.3) is 0 Å². The van der Waals surface area contributed by atoms with Crippen LogP contribution in [0.15, 0.2) is 48.5 Å². The van der Waals surface area contributed by atoms with Gasteiger partial charge in [0, 0.05) is 17.0 Å². The highest BCUT2D eigenvalue weighted by Crippen LogP contribution is 2.14. The molecule has 2 heteroatoms. The van der Waals surface area contributed by atoms with Gasteiger partial charge in [-0.3, -0.25) is 4.79 Å². The van der Waals surface area contributed by atoms with Crippen molar-refractivity contribution >= 4 is 17.4 Å². The zero-order valence-electron chi connectivity index (χ0n) is 11.0. The first-order valence-electron chi connectivity index (χ1n) is 6.55. The Hall–Kier alpha value is -1.60. The third-order valence-corrected chi connectivity index (χ3v) is 3.32. The van der Waals surface area contributed by atoms with E-state index in [9.17, 15) is 4.79 Å². The maximum absolute atomic E-state index is 12.2. The van der Waals surface area contributed by atoms with Crippen LogP contribution in [0.4, 0.5) is 0 Å². The standard InChI is InChI=1S/C17H17ClO/c1-2-4-13-5-3-6-15(11-13)17(19)12-14-7-9-16(18)10-8-14/h3,5-11H,2,4,12H2,1H3. The summed E-state index contributed by atoms with van der Waals surface area (Å²) in [5.74, 6) is 0.153. The van der Waals surface area contributed by atoms with Crippen molar-refractivity contribution in [2.45, 2.75) is 26.2 Å². The fraction of sp³-hybridized carbons (Fsp3) is 0.235. The van der Waals surface area contributed by atoms with Crippen LogP contribution in [-0.2, 0) is 12.8 Å². The third-order valence-electron chi connectivity index (χ3n) is 3.07. The van der Waals surface area contributed by atoms with Crippen LogP contribution in [0.1, 0.15) is 34.8 Å². The Morgan fingerprint density at radius 1 is 1.05 bits per heavy atom. The van der Waals surface area contributed by atoms with E-state index in [-0.39, 0.29) is 5.78 Å². The summed E-state index contributed by atoms with van der Waals surface area (Å²) in [6.07, 6.45) is 2.53. The van der Waals surface area contributed by atoms with Crippen LogP contribution >= 0.6 is 11.6 Å². The SMILES string of the molecule is CCCc1cccc(C(=O)Cc2ccc(Cl)cc2)c1. The van der Waals surface area contributed by atoms with Crippen molar-refractivity contribution in [3.05, 3.63) is 70.2 Å². The van der Waals surface area contributed by atoms with Gasteiger partial charge in [-0.1, -0.05) is 55.3 Å². The number of Topliss-reactive ketones (excluding diaryl/α,β-unsaturated/α-hetero) is 1. The van der Waals surface area contributed by atoms with Crippen LogP contribution in [0.5, 0.6) is 0 Å². The van der Waals surface area contributed by atoms with E-state index < -0.39 is 0 Å². The average molecular weight is 273 g/mol. The lowest BCUT2D eigenvalue weighted by atomic mass is 10.00. The molecule has 0 aliphatic carbocycles. The van der Waals surface area contributed by atoms with E-state index in [0.717, 1.165) is 24.0 Å². The van der Waals surface area contributed by atoms with Crippen molar-refractivity contribution in [2.24, 2.45) is 0 Å². The van der Waals surface area contributed by atoms with Gasteiger partial charge in [0.05, 0.1) is 0 Å². The minimum absolute atomic E-state index is 0.153. The highest BCUT2D eigenvalue weighted by atomic mass is 35.5. The second-order valence-corrected chi connectivity index (χ2v) is 5.11. The maximum atomic E-state index is 12.2. The first-order valence-corrected chi connectivity index (χ1v) is 6.93. The molecule has 0 fully saturated rings. The van der Waals surface area contributed by atoms with Gasteiger partial charge in [0.15, 0.2) is 5.78 Å². The summed E-state index contributed by atoms with van der Waals surface area (Å²) in [7, 11) is 0. The predicted molar refractivity (Wildman–Crippen MR) is 79.9 cm³/mol. The van der Waals surface area contributed by atoms with Crippen molar-refractivity contribution in [1.82, 2.24) is 0 Å². The average Bonchev–Trinajstić information content (AvgIpc) is 2.42. The Labute approximate surface area is 119 Å². The summed E-state index contributed by atoms with van der Waals surface area (Å²) in [4.78, 5) is 12.2. The Balaban J connectivity index is 2.11. The molecule has 0 aliphatic heterocycles. The molecule has 2 aromatic carbocycles. The van der Waals surface area contributed by atoms with Crippen molar-refractivity contribution in [3.63, 3.8) is 0 Å². The molecule has 0 saturated carbocycles. The summed E-state index contributed by atoms with van der Waals surface area (Å²) in [6, 6.07) is 15.4. The highest BCUT2D eigenvalue weighted by molar-refractivity contribution is 6.30. The van der Waals surface area contributed by atoms with Gasteiger partial charge >= 0.3 is 0 Å². The number of hydrogen-bond donors (Lipinski definition) is 0. The molecule has 0 spiro atoms. The minimum Gasteiger partial charge on any atom is -0.294 e. The first kappa shape index (κ1) is 13.8. The summed E-state index contributed by atoms with van der Waals surface area (Å²) >= 11 is 5.84. The fourth-order valence-corrected chi connectivity index (χ4v) is 2.20. The normalized spacial score (nSPS) is 10.4. The second-order valence-electron chi connectivity index (χ2n) is 4.68. The zero-order valence-corrected chi connectivity index (χ0v) is 11.8. The smallest absolute Gasteiger partial charge is 0.167 e. The van der Waals surface area contributed by atoms with Crippen LogP contribution in [0, 0.1) is 0 Å². The van der Waals surface area contributed by atoms with Crippen molar-refractivity contribution in [1.29, 1.82) is 0 Å². The highest BCUT2D eigenvalue weighted by Gasteiger charge is 2.07. The topological polar surface area (TPSA) is 17.1 Å². The first-order chi connectivity index (χ1) is 9.19. The van der Waals surface area contributed by atoms with E-state index in [2.05, 4.69) is 13.0 Å². The Morgan fingerprint density at radius 3 is 2.47 bits per heavy atom. The number of carbonyl (C=O) groups excluding carboxylic acids is 1. The minimum atomic E-state index is 0.153. The van der Waals surface area contributed by atoms with E-state index in [1.165, 1.54) is 5.56 Å². The summed E-state index contributed by atoms with van der Waals surface area (Å²) < 4.78 is 0. The van der Waals surface area contributed by atoms with Gasteiger partial charge in [0.2, 0.25) is 0 Å². The molecule has 19 heavy (non-hydrogen) atoms. The summed E-state index contributed by atoms with van der Waals surface area (Å²) in [6.45, 7) is 2.14. The molecule has 0 aromatic heterocycles. The number of hydrogen-bond acceptors (Lipinski definition) is 1. The lowest BCUT2D eigenvalue weighted by Crippen LogP contribution is -2.04. The van der Waals surface area contributed by atoms with Crippen LogP contribution in [0.25, 0.3) is 0 Å². The monoisotopic (exact) mass is 272 g/mol. The van der Waals surface area contributed by atoms with Crippen molar-refractivity contribution in [2.75, 3.05) is 0 Å². The van der Waals surface area contributed by atoms with Gasteiger partial charge in [-0.05, 0) is 35.7 Å². The van der Waals surface area contributed by atoms with Crippen molar-refractivity contribution < 1.29 is 4.79 Å². The van der Waals surface area contributed by atoms with Gasteiger partial charge in [-0.25, -0.2) is 0 Å². The van der Waals surface area contributed by atoms with Gasteiger partial charge in [0.1, 0.15) is 0 Å². The largest absolute Gasteiger partial charge is 0.294 e. The van der Waals surface area contributed by atoms with E-state index in [1.807, 2.05) is 42.5 Å². The van der Waals surface area contributed by atoms with Crippen LogP contribution in [0.3, 0.4) is 0 Å². The molecule has 2 rings (SSSR count). The molecule has 0 atom stereocenters. The zero-order chi connectivity index (χ0) is 13.7. The fourth-order valence-electron chi connectivity index (χ4n) is 2.08. The molecule has 98 valence electrons. The van der Waals surface area contributed by atoms with Crippen LogP contribution in [0.2, 0.25) is 5.02 Å². The Morgan fingerprint density at radius 2 is 1.79 bits per heavy atom. The number of aryl methyl sites for hydroxylation is 1. The number of ketones is 1. The number of rotatable bonds is 5. The molecule has 0 unspecified atom stereocenters. The maximum Gasteiger partial charge on any atom is 0.167 e. The number of benzene rings is 2. The van der Waals surface area contributed by atoms with Crippen LogP contribution < -0.4 is 0 Å². The van der Waals surface area contributed by atoms with E-state index in [1.54, 1.807) is 0 Å². The molecule has 0 bridgehead atoms. The molecule has 0 heterocycles. The second kappa shape index (κ2) is 6.53. The van der Waals surface area contributed by atoms with Gasteiger partial charge < -0.3 is 0 Å². The van der Waals surface area contributed by atoms with Gasteiger partial charge in [-0.15, -0.1) is 0 Å². The Bertz CT molecular complexity index is 558. The molecule has 0 saturated heterocycles. The molecule has 0 aliphatic rings. The molecule has 1 nitrogen and oxygen atoms in total. The Kier molecular flexibility index (Phi) is 4.75. The number of halogens is 1. The van der Waals surface area contributed by atoms with E-state index >= 15 is 0 Å². The molecule has 0 radical (unpaired) electrons. The van der Waals surface area contributed by atoms with Crippen molar-refractivity contribution in [3.8, 4) is 0 Å². The van der Waals surface area contributed by atoms with E-state index in [4.69, 9.17) is 11.6 Å². The van der Waals surface area contributed by atoms with Crippen LogP contribution in [-0.4, -0.2) is 5.78 Å². The van der Waals surface area contributed by atoms with Gasteiger partial charge in [-0.2, -0.15) is 0 Å². The molecule has 2 aromatic rings. The lowest BCUT2D eigenvalue weighted by Gasteiger charge is -2.04. The number of carbonyl (C=O) groups is 1.